The lowest BCUT2D eigenvalue weighted by atomic mass is 10.4. The molecule has 0 N–H and O–H groups in total. The van der Waals surface area contributed by atoms with Gasteiger partial charge in [0, 0.05) is 45.1 Å². The third-order valence-electron chi connectivity index (χ3n) is 7.76. The first kappa shape index (κ1) is 57.5. The number of hydrogen-bond acceptors (Lipinski definition) is 24. The van der Waals surface area contributed by atoms with E-state index in [1.165, 1.54) is 39.5 Å². The van der Waals surface area contributed by atoms with E-state index < -0.39 is 0 Å². The lowest BCUT2D eigenvalue weighted by Gasteiger charge is -1.90. The molecule has 0 radical (unpaired) electrons. The maximum absolute atomic E-state index is 4.60. The molecule has 0 aromatic carbocycles. The van der Waals surface area contributed by atoms with Crippen LogP contribution in [-0.4, -0.2) is 103 Å². The van der Waals surface area contributed by atoms with Crippen molar-refractivity contribution in [2.45, 2.75) is 125 Å². The molecule has 9 rings (SSSR count). The molecule has 0 aliphatic heterocycles. The Bertz CT molecular complexity index is 2280. The van der Waals surface area contributed by atoms with Crippen LogP contribution in [0.2, 0.25) is 0 Å². The molecule has 0 saturated heterocycles. The molecule has 0 bridgehead atoms. The fourth-order valence-electron chi connectivity index (χ4n) is 3.91. The van der Waals surface area contributed by atoms with Gasteiger partial charge in [0.2, 0.25) is 11.8 Å². The van der Waals surface area contributed by atoms with Gasteiger partial charge >= 0.3 is 0 Å². The second kappa shape index (κ2) is 29.9. The van der Waals surface area contributed by atoms with E-state index in [9.17, 15) is 0 Å². The number of nitrogens with zero attached hydrogens (tertiary/aromatic N) is 21. The lowest BCUT2D eigenvalue weighted by molar-refractivity contribution is 0.373. The molecule has 0 amide bonds. The molecule has 0 aliphatic rings. The Morgan fingerprint density at radius 3 is 0.909 bits per heavy atom. The van der Waals surface area contributed by atoms with Crippen molar-refractivity contribution in [3.8, 4) is 0 Å². The van der Waals surface area contributed by atoms with Gasteiger partial charge in [-0.1, -0.05) is 14.8 Å². The van der Waals surface area contributed by atoms with Crippen LogP contribution in [0.4, 0.5) is 0 Å². The Kier molecular flexibility index (Phi) is 26.0. The van der Waals surface area contributed by atoms with Crippen LogP contribution >= 0.6 is 34.6 Å². The van der Waals surface area contributed by atoms with Crippen LogP contribution in [0.3, 0.4) is 0 Å². The van der Waals surface area contributed by atoms with Crippen LogP contribution in [0.25, 0.3) is 0 Å². The van der Waals surface area contributed by atoms with Gasteiger partial charge in [-0.05, 0) is 145 Å². The largest absolute Gasteiger partial charge is 0.342 e. The Balaban J connectivity index is 0.000000371. The fourth-order valence-corrected chi connectivity index (χ4v) is 5.33. The van der Waals surface area contributed by atoms with Crippen LogP contribution < -0.4 is 0 Å². The van der Waals surface area contributed by atoms with Gasteiger partial charge in [-0.25, -0.2) is 19.9 Å². The molecule has 0 aliphatic carbocycles. The first-order chi connectivity index (χ1) is 30.9. The highest BCUT2D eigenvalue weighted by atomic mass is 32.1. The van der Waals surface area contributed by atoms with Gasteiger partial charge < -0.3 is 18.1 Å². The zero-order valence-electron chi connectivity index (χ0n) is 41.8. The molecule has 0 fully saturated rings. The van der Waals surface area contributed by atoms with Gasteiger partial charge in [-0.15, -0.1) is 20.4 Å². The summed E-state index contributed by atoms with van der Waals surface area (Å²) in [6.45, 7) is 33.9. The van der Waals surface area contributed by atoms with E-state index in [-0.39, 0.29) is 0 Å². The average Bonchev–Trinajstić information content (AvgIpc) is 4.16. The summed E-state index contributed by atoms with van der Waals surface area (Å²) in [5.74, 6) is 10.7. The Morgan fingerprint density at radius 2 is 0.818 bits per heavy atom. The molecule has 66 heavy (non-hydrogen) atoms. The zero-order chi connectivity index (χ0) is 50.1. The molecule has 360 valence electrons. The second-order valence-electron chi connectivity index (χ2n) is 13.8. The Hall–Kier alpha value is -6.48. The maximum atomic E-state index is 4.60. The summed E-state index contributed by atoms with van der Waals surface area (Å²) in [6.07, 6.45) is 0. The first-order valence-electron chi connectivity index (χ1n) is 20.0. The number of hydrogen-bond donors (Lipinski definition) is 0. The van der Waals surface area contributed by atoms with E-state index in [4.69, 9.17) is 0 Å². The average molecular weight is 970 g/mol. The van der Waals surface area contributed by atoms with Crippen molar-refractivity contribution in [3.05, 3.63) is 102 Å². The molecular weight excluding hydrogens is 907 g/mol. The quantitative estimate of drug-likeness (QED) is 0.151. The summed E-state index contributed by atoms with van der Waals surface area (Å²) < 4.78 is 30.9. The monoisotopic (exact) mass is 969 g/mol. The maximum Gasteiger partial charge on any atom is 0.223 e. The van der Waals surface area contributed by atoms with E-state index in [0.717, 1.165) is 73.8 Å². The SMILES string of the molecule is Cc1nc(C)n(C)n1.Cc1nc(C)n(C)n1.Cc1nnc(C)n1C.Cc1nnoc1C.Cc1nnsc1C.Cc1noc(C)n1.Cc1noc(C)n1.Cc1nsc(C)n1.Cc1nsc(C)n1. The van der Waals surface area contributed by atoms with E-state index in [2.05, 4.69) is 103 Å². The molecule has 24 nitrogen and oxygen atoms in total. The van der Waals surface area contributed by atoms with Crippen LogP contribution in [0.15, 0.2) is 13.6 Å². The Labute approximate surface area is 397 Å². The van der Waals surface area contributed by atoms with Crippen LogP contribution in [-0.2, 0) is 21.1 Å². The number of aromatic nitrogens is 21. The van der Waals surface area contributed by atoms with Crippen molar-refractivity contribution in [2.75, 3.05) is 0 Å². The lowest BCUT2D eigenvalue weighted by Crippen LogP contribution is -1.92. The van der Waals surface area contributed by atoms with Crippen molar-refractivity contribution < 1.29 is 13.6 Å². The Morgan fingerprint density at radius 1 is 0.394 bits per heavy atom. The summed E-state index contributed by atoms with van der Waals surface area (Å²) in [5, 5.41) is 35.5. The van der Waals surface area contributed by atoms with Crippen LogP contribution in [0.1, 0.15) is 102 Å². The third-order valence-corrected chi connectivity index (χ3v) is 9.91. The minimum atomic E-state index is 0.623. The molecule has 0 unspecified atom stereocenters. The van der Waals surface area contributed by atoms with Gasteiger partial charge in [-0.3, -0.25) is 9.36 Å². The molecule has 9 aromatic rings. The van der Waals surface area contributed by atoms with E-state index >= 15 is 0 Å². The number of aryl methyl sites for hydroxylation is 20. The zero-order valence-corrected chi connectivity index (χ0v) is 44.3. The van der Waals surface area contributed by atoms with Crippen LogP contribution in [0, 0.1) is 125 Å². The first-order valence-corrected chi connectivity index (χ1v) is 22.3. The van der Waals surface area contributed by atoms with Crippen LogP contribution in [0.5, 0.6) is 0 Å². The van der Waals surface area contributed by atoms with Crippen molar-refractivity contribution in [1.82, 2.24) is 103 Å². The van der Waals surface area contributed by atoms with E-state index in [0.29, 0.717) is 23.4 Å². The molecule has 0 spiro atoms. The van der Waals surface area contributed by atoms with Crippen molar-refractivity contribution in [3.63, 3.8) is 0 Å². The number of rotatable bonds is 0. The fraction of sp³-hybridized carbons (Fsp3) is 0.538. The van der Waals surface area contributed by atoms with Gasteiger partial charge in [0.15, 0.2) is 17.4 Å². The summed E-state index contributed by atoms with van der Waals surface area (Å²) in [7, 11) is 5.72. The topological polar surface area (TPSA) is 286 Å². The summed E-state index contributed by atoms with van der Waals surface area (Å²) in [6, 6.07) is 0. The predicted octanol–water partition coefficient (Wildman–Crippen LogP) is 6.82. The molecule has 0 saturated carbocycles. The minimum Gasteiger partial charge on any atom is -0.342 e. The van der Waals surface area contributed by atoms with Gasteiger partial charge in [-0.2, -0.15) is 28.9 Å². The van der Waals surface area contributed by atoms with Crippen molar-refractivity contribution in [2.24, 2.45) is 21.1 Å². The normalized spacial score (nSPS) is 9.59. The van der Waals surface area contributed by atoms with Crippen molar-refractivity contribution >= 4 is 34.6 Å². The highest BCUT2D eigenvalue weighted by Crippen LogP contribution is 2.04. The highest BCUT2D eigenvalue weighted by Gasteiger charge is 1.97. The van der Waals surface area contributed by atoms with Crippen molar-refractivity contribution in [1.29, 1.82) is 0 Å². The summed E-state index contributed by atoms with van der Waals surface area (Å²) in [5.41, 5.74) is 1.91. The van der Waals surface area contributed by atoms with Gasteiger partial charge in [0.1, 0.15) is 62.3 Å². The predicted molar refractivity (Wildman–Crippen MR) is 251 cm³/mol. The third kappa shape index (κ3) is 24.5. The second-order valence-corrected chi connectivity index (χ2v) is 16.7. The highest BCUT2D eigenvalue weighted by molar-refractivity contribution is 7.05. The standard InChI is InChI=1S/3C5H9N3.3C4H6N2O.3C4H6N2S/c1-4-6-7-5(2)8(4)3;2*1-4-6-5(2)8(3)7-4;2*1-3-5-4(2)7-6-3;1-3-4(2)7-6-5-3;2*1-3-5-4(2)7-6-3;1-3-4(2)7-6-5-3/h3*1-3H3;6*1-2H3. The molecular formula is C39H63N21O3S3. The molecule has 27 heteroatoms. The van der Waals surface area contributed by atoms with Gasteiger partial charge in [0.25, 0.3) is 0 Å². The molecule has 9 aromatic heterocycles. The summed E-state index contributed by atoms with van der Waals surface area (Å²) in [4.78, 5) is 25.0. The van der Waals surface area contributed by atoms with E-state index in [1.54, 1.807) is 37.1 Å². The molecule has 9 heterocycles. The smallest absolute Gasteiger partial charge is 0.223 e. The molecule has 0 atom stereocenters. The van der Waals surface area contributed by atoms with Gasteiger partial charge in [0.05, 0.1) is 5.69 Å². The summed E-state index contributed by atoms with van der Waals surface area (Å²) >= 11 is 4.33. The minimum absolute atomic E-state index is 0.623. The van der Waals surface area contributed by atoms with E-state index in [1.807, 2.05) is 123 Å².